The van der Waals surface area contributed by atoms with Crippen LogP contribution in [0.3, 0.4) is 0 Å². The Kier molecular flexibility index (Phi) is 10.9. The normalized spacial score (nSPS) is 13.3. The molecular weight excluding hydrogens is 312 g/mol. The van der Waals surface area contributed by atoms with Crippen LogP contribution in [0.2, 0.25) is 0 Å². The highest BCUT2D eigenvalue weighted by Gasteiger charge is 2.17. The van der Waals surface area contributed by atoms with Gasteiger partial charge in [0.2, 0.25) is 0 Å². The molecule has 0 radical (unpaired) electrons. The van der Waals surface area contributed by atoms with Crippen LogP contribution in [0.4, 0.5) is 0 Å². The van der Waals surface area contributed by atoms with Gasteiger partial charge in [-0.25, -0.2) is 0 Å². The molecule has 5 nitrogen and oxygen atoms in total. The molecule has 5 heteroatoms. The van der Waals surface area contributed by atoms with Gasteiger partial charge in [-0.3, -0.25) is 9.89 Å². The molecule has 142 valence electrons. The molecule has 0 aliphatic carbocycles. The number of hydrogen-bond donors (Lipinski definition) is 2. The first-order valence-electron chi connectivity index (χ1n) is 9.47. The Morgan fingerprint density at radius 3 is 2.36 bits per heavy atom. The van der Waals surface area contributed by atoms with Crippen LogP contribution in [0, 0.1) is 0 Å². The second-order valence-corrected chi connectivity index (χ2v) is 6.30. The Morgan fingerprint density at radius 2 is 1.80 bits per heavy atom. The van der Waals surface area contributed by atoms with Crippen molar-refractivity contribution in [3.05, 3.63) is 35.9 Å². The molecule has 0 amide bonds. The standard InChI is InChI=1S/C20H36N4O/c1-6-24(7-2)19(18-12-9-8-10-13-18)16-23-20(21-5)22-14-11-15-25-17(3)4/h8-10,12-13,17,19H,6-7,11,14-16H2,1-5H3,(H2,21,22,23). The average molecular weight is 349 g/mol. The van der Waals surface area contributed by atoms with Gasteiger partial charge < -0.3 is 15.4 Å². The van der Waals surface area contributed by atoms with Crippen LogP contribution in [-0.2, 0) is 4.74 Å². The zero-order valence-electron chi connectivity index (χ0n) is 16.6. The molecule has 0 aliphatic rings. The summed E-state index contributed by atoms with van der Waals surface area (Å²) in [5, 5.41) is 6.84. The van der Waals surface area contributed by atoms with E-state index in [0.717, 1.165) is 45.2 Å². The third-order valence-corrected chi connectivity index (χ3v) is 4.19. The zero-order valence-corrected chi connectivity index (χ0v) is 16.6. The maximum atomic E-state index is 5.57. The zero-order chi connectivity index (χ0) is 18.5. The summed E-state index contributed by atoms with van der Waals surface area (Å²) in [5.41, 5.74) is 1.33. The van der Waals surface area contributed by atoms with Crippen LogP contribution < -0.4 is 10.6 Å². The van der Waals surface area contributed by atoms with E-state index in [9.17, 15) is 0 Å². The minimum absolute atomic E-state index is 0.290. The van der Waals surface area contributed by atoms with E-state index in [-0.39, 0.29) is 6.10 Å². The van der Waals surface area contributed by atoms with Gasteiger partial charge in [0.15, 0.2) is 5.96 Å². The summed E-state index contributed by atoms with van der Waals surface area (Å²) in [6, 6.07) is 11.0. The summed E-state index contributed by atoms with van der Waals surface area (Å²) in [4.78, 5) is 6.80. The molecule has 25 heavy (non-hydrogen) atoms. The first kappa shape index (κ1) is 21.5. The molecule has 1 unspecified atom stereocenters. The van der Waals surface area contributed by atoms with Crippen LogP contribution in [0.25, 0.3) is 0 Å². The smallest absolute Gasteiger partial charge is 0.191 e. The topological polar surface area (TPSA) is 48.9 Å². The van der Waals surface area contributed by atoms with Crippen molar-refractivity contribution in [2.24, 2.45) is 4.99 Å². The van der Waals surface area contributed by atoms with E-state index in [1.807, 2.05) is 7.05 Å². The Bertz CT molecular complexity index is 472. The molecule has 0 aromatic heterocycles. The number of nitrogens with one attached hydrogen (secondary N) is 2. The predicted octanol–water partition coefficient (Wildman–Crippen LogP) is 3.05. The third-order valence-electron chi connectivity index (χ3n) is 4.19. The van der Waals surface area contributed by atoms with Crippen molar-refractivity contribution in [2.45, 2.75) is 46.3 Å². The van der Waals surface area contributed by atoms with Crippen LogP contribution in [0.5, 0.6) is 0 Å². The summed E-state index contributed by atoms with van der Waals surface area (Å²) < 4.78 is 5.57. The molecule has 0 heterocycles. The van der Waals surface area contributed by atoms with E-state index >= 15 is 0 Å². The largest absolute Gasteiger partial charge is 0.379 e. The van der Waals surface area contributed by atoms with Gasteiger partial charge >= 0.3 is 0 Å². The highest BCUT2D eigenvalue weighted by Crippen LogP contribution is 2.19. The first-order valence-corrected chi connectivity index (χ1v) is 9.47. The van der Waals surface area contributed by atoms with Crippen molar-refractivity contribution < 1.29 is 4.74 Å². The number of guanidine groups is 1. The number of aliphatic imine (C=N–C) groups is 1. The number of rotatable bonds is 11. The van der Waals surface area contributed by atoms with Crippen LogP contribution >= 0.6 is 0 Å². The SMILES string of the molecule is CCN(CC)C(CNC(=NC)NCCCOC(C)C)c1ccccc1. The van der Waals surface area contributed by atoms with Crippen molar-refractivity contribution >= 4 is 5.96 Å². The minimum Gasteiger partial charge on any atom is -0.379 e. The molecule has 0 bridgehead atoms. The molecular formula is C20H36N4O. The van der Waals surface area contributed by atoms with Crippen molar-refractivity contribution in [3.63, 3.8) is 0 Å². The molecule has 1 aromatic rings. The Labute approximate surface area is 153 Å². The molecule has 0 saturated heterocycles. The summed E-state index contributed by atoms with van der Waals surface area (Å²) >= 11 is 0. The summed E-state index contributed by atoms with van der Waals surface area (Å²) in [6.07, 6.45) is 1.26. The summed E-state index contributed by atoms with van der Waals surface area (Å²) in [5.74, 6) is 0.845. The maximum Gasteiger partial charge on any atom is 0.191 e. The average Bonchev–Trinajstić information content (AvgIpc) is 2.63. The fraction of sp³-hybridized carbons (Fsp3) is 0.650. The number of hydrogen-bond acceptors (Lipinski definition) is 3. The van der Waals surface area contributed by atoms with Gasteiger partial charge in [0, 0.05) is 26.7 Å². The lowest BCUT2D eigenvalue weighted by Crippen LogP contribution is -2.43. The number of nitrogens with zero attached hydrogens (tertiary/aromatic N) is 2. The van der Waals surface area contributed by atoms with Crippen LogP contribution in [0.15, 0.2) is 35.3 Å². The molecule has 0 fully saturated rings. The van der Waals surface area contributed by atoms with Gasteiger partial charge in [-0.2, -0.15) is 0 Å². The lowest BCUT2D eigenvalue weighted by Gasteiger charge is -2.30. The van der Waals surface area contributed by atoms with Gasteiger partial charge in [0.1, 0.15) is 0 Å². The van der Waals surface area contributed by atoms with Crippen LogP contribution in [0.1, 0.15) is 45.7 Å². The second kappa shape index (κ2) is 12.7. The van der Waals surface area contributed by atoms with E-state index in [0.29, 0.717) is 6.04 Å². The number of likely N-dealkylation sites (N-methyl/N-ethyl adjacent to an activating group) is 1. The lowest BCUT2D eigenvalue weighted by atomic mass is 10.1. The summed E-state index contributed by atoms with van der Waals surface area (Å²) in [7, 11) is 1.81. The van der Waals surface area contributed by atoms with Gasteiger partial charge in [-0.05, 0) is 38.9 Å². The third kappa shape index (κ3) is 8.36. The molecule has 1 aromatic carbocycles. The van der Waals surface area contributed by atoms with Crippen molar-refractivity contribution in [1.29, 1.82) is 0 Å². The molecule has 0 spiro atoms. The van der Waals surface area contributed by atoms with E-state index < -0.39 is 0 Å². The predicted molar refractivity (Wildman–Crippen MR) is 107 cm³/mol. The second-order valence-electron chi connectivity index (χ2n) is 6.30. The van der Waals surface area contributed by atoms with Gasteiger partial charge in [-0.15, -0.1) is 0 Å². The van der Waals surface area contributed by atoms with E-state index in [2.05, 4.69) is 78.6 Å². The van der Waals surface area contributed by atoms with Crippen LogP contribution in [-0.4, -0.2) is 56.8 Å². The Hall–Kier alpha value is -1.59. The molecule has 0 saturated carbocycles. The summed E-state index contributed by atoms with van der Waals surface area (Å²) in [6.45, 7) is 13.0. The quantitative estimate of drug-likeness (QED) is 0.367. The maximum absolute atomic E-state index is 5.57. The van der Waals surface area contributed by atoms with E-state index in [4.69, 9.17) is 4.74 Å². The Morgan fingerprint density at radius 1 is 1.12 bits per heavy atom. The molecule has 1 atom stereocenters. The monoisotopic (exact) mass is 348 g/mol. The fourth-order valence-corrected chi connectivity index (χ4v) is 2.81. The molecule has 2 N–H and O–H groups in total. The van der Waals surface area contributed by atoms with Crippen molar-refractivity contribution in [2.75, 3.05) is 39.8 Å². The molecule has 0 aliphatic heterocycles. The first-order chi connectivity index (χ1) is 12.1. The highest BCUT2D eigenvalue weighted by atomic mass is 16.5. The Balaban J connectivity index is 2.53. The van der Waals surface area contributed by atoms with Gasteiger partial charge in [0.05, 0.1) is 12.1 Å². The number of benzene rings is 1. The van der Waals surface area contributed by atoms with E-state index in [1.54, 1.807) is 0 Å². The van der Waals surface area contributed by atoms with Gasteiger partial charge in [0.25, 0.3) is 0 Å². The van der Waals surface area contributed by atoms with Crippen molar-refractivity contribution in [3.8, 4) is 0 Å². The van der Waals surface area contributed by atoms with E-state index in [1.165, 1.54) is 5.56 Å². The number of ether oxygens (including phenoxy) is 1. The highest BCUT2D eigenvalue weighted by molar-refractivity contribution is 5.79. The van der Waals surface area contributed by atoms with Crippen molar-refractivity contribution in [1.82, 2.24) is 15.5 Å². The molecule has 1 rings (SSSR count). The van der Waals surface area contributed by atoms with Gasteiger partial charge in [-0.1, -0.05) is 44.2 Å². The minimum atomic E-state index is 0.290. The fourth-order valence-electron chi connectivity index (χ4n) is 2.81. The lowest BCUT2D eigenvalue weighted by molar-refractivity contribution is 0.0776.